The van der Waals surface area contributed by atoms with Crippen LogP contribution in [0.5, 0.6) is 0 Å². The van der Waals surface area contributed by atoms with Crippen LogP contribution < -0.4 is 16.4 Å². The number of rotatable bonds is 6. The molecule has 6 heteroatoms. The van der Waals surface area contributed by atoms with Crippen molar-refractivity contribution < 1.29 is 4.79 Å². The molecule has 1 saturated carbocycles. The number of amides is 1. The second kappa shape index (κ2) is 9.95. The lowest BCUT2D eigenvalue weighted by molar-refractivity contribution is -0.130. The molecule has 0 bridgehead atoms. The van der Waals surface area contributed by atoms with Crippen molar-refractivity contribution in [3.05, 3.63) is 0 Å². The summed E-state index contributed by atoms with van der Waals surface area (Å²) in [5.41, 5.74) is 5.47. The van der Waals surface area contributed by atoms with E-state index in [0.717, 1.165) is 38.8 Å². The molecule has 4 nitrogen and oxygen atoms in total. The van der Waals surface area contributed by atoms with Crippen LogP contribution in [-0.4, -0.2) is 32.1 Å². The van der Waals surface area contributed by atoms with E-state index in [2.05, 4.69) is 17.6 Å². The number of halogens is 2. The van der Waals surface area contributed by atoms with Crippen LogP contribution in [0.3, 0.4) is 0 Å². The maximum absolute atomic E-state index is 11.9. The highest BCUT2D eigenvalue weighted by molar-refractivity contribution is 5.85. The van der Waals surface area contributed by atoms with Crippen LogP contribution >= 0.6 is 24.8 Å². The van der Waals surface area contributed by atoms with Crippen LogP contribution in [0.4, 0.5) is 0 Å². The topological polar surface area (TPSA) is 67.1 Å². The van der Waals surface area contributed by atoms with Gasteiger partial charge < -0.3 is 16.4 Å². The number of hydrogen-bond donors (Lipinski definition) is 3. The maximum Gasteiger partial charge on any atom is 0.227 e. The van der Waals surface area contributed by atoms with Gasteiger partial charge in [0, 0.05) is 19.6 Å². The second-order valence-corrected chi connectivity index (χ2v) is 4.30. The fourth-order valence-corrected chi connectivity index (χ4v) is 2.20. The minimum Gasteiger partial charge on any atom is -0.354 e. The summed E-state index contributed by atoms with van der Waals surface area (Å²) < 4.78 is 0. The van der Waals surface area contributed by atoms with Gasteiger partial charge in [0.25, 0.3) is 0 Å². The summed E-state index contributed by atoms with van der Waals surface area (Å²) in [6.07, 6.45) is 4.18. The van der Waals surface area contributed by atoms with Crippen molar-refractivity contribution in [2.45, 2.75) is 32.6 Å². The third-order valence-corrected chi connectivity index (χ3v) is 3.27. The highest BCUT2D eigenvalue weighted by Crippen LogP contribution is 2.37. The van der Waals surface area contributed by atoms with E-state index >= 15 is 0 Å². The van der Waals surface area contributed by atoms with Gasteiger partial charge in [-0.1, -0.05) is 19.8 Å². The molecule has 1 amide bonds. The van der Waals surface area contributed by atoms with Gasteiger partial charge in [0.05, 0.1) is 5.41 Å². The summed E-state index contributed by atoms with van der Waals surface area (Å²) >= 11 is 0. The van der Waals surface area contributed by atoms with Crippen LogP contribution in [0.25, 0.3) is 0 Å². The van der Waals surface area contributed by atoms with Gasteiger partial charge in [-0.2, -0.15) is 0 Å². The monoisotopic (exact) mass is 285 g/mol. The molecule has 0 unspecified atom stereocenters. The largest absolute Gasteiger partial charge is 0.354 e. The second-order valence-electron chi connectivity index (χ2n) is 4.30. The van der Waals surface area contributed by atoms with E-state index in [9.17, 15) is 4.79 Å². The summed E-state index contributed by atoms with van der Waals surface area (Å²) in [5.74, 6) is 0.153. The molecule has 0 heterocycles. The van der Waals surface area contributed by atoms with E-state index in [1.54, 1.807) is 0 Å². The van der Waals surface area contributed by atoms with Gasteiger partial charge in [-0.15, -0.1) is 24.8 Å². The molecule has 0 atom stereocenters. The van der Waals surface area contributed by atoms with Gasteiger partial charge in [0.2, 0.25) is 5.91 Å². The number of nitrogens with two attached hydrogens (primary N) is 1. The Morgan fingerprint density at radius 2 is 1.82 bits per heavy atom. The minimum absolute atomic E-state index is 0. The molecule has 0 saturated heterocycles. The molecule has 0 spiro atoms. The maximum atomic E-state index is 11.9. The summed E-state index contributed by atoms with van der Waals surface area (Å²) in [6.45, 7) is 5.02. The van der Waals surface area contributed by atoms with Crippen molar-refractivity contribution >= 4 is 30.7 Å². The molecular weight excluding hydrogens is 261 g/mol. The molecular formula is C11H25Cl2N3O. The highest BCUT2D eigenvalue weighted by Gasteiger charge is 2.39. The Morgan fingerprint density at radius 3 is 2.29 bits per heavy atom. The van der Waals surface area contributed by atoms with Crippen molar-refractivity contribution in [2.24, 2.45) is 11.1 Å². The van der Waals surface area contributed by atoms with Crippen LogP contribution in [-0.2, 0) is 4.79 Å². The quantitative estimate of drug-likeness (QED) is 0.640. The van der Waals surface area contributed by atoms with Gasteiger partial charge >= 0.3 is 0 Å². The molecule has 1 rings (SSSR count). The third kappa shape index (κ3) is 5.42. The fraction of sp³-hybridized carbons (Fsp3) is 0.909. The Balaban J connectivity index is 0. The van der Waals surface area contributed by atoms with Crippen molar-refractivity contribution in [3.8, 4) is 0 Å². The number of nitrogens with one attached hydrogen (secondary N) is 2. The smallest absolute Gasteiger partial charge is 0.227 e. The molecule has 4 N–H and O–H groups in total. The molecule has 1 aliphatic rings. The van der Waals surface area contributed by atoms with Crippen molar-refractivity contribution in [1.82, 2.24) is 10.6 Å². The lowest BCUT2D eigenvalue weighted by Gasteiger charge is -2.25. The number of carbonyl (C=O) groups is 1. The Bertz CT molecular complexity index is 209. The van der Waals surface area contributed by atoms with Crippen LogP contribution in [0, 0.1) is 5.41 Å². The van der Waals surface area contributed by atoms with Crippen LogP contribution in [0.15, 0.2) is 0 Å². The van der Waals surface area contributed by atoms with E-state index in [0.29, 0.717) is 13.1 Å². The van der Waals surface area contributed by atoms with Gasteiger partial charge in [0.1, 0.15) is 0 Å². The van der Waals surface area contributed by atoms with Crippen molar-refractivity contribution in [3.63, 3.8) is 0 Å². The third-order valence-electron chi connectivity index (χ3n) is 3.27. The number of hydrogen-bond acceptors (Lipinski definition) is 3. The van der Waals surface area contributed by atoms with Crippen molar-refractivity contribution in [1.29, 1.82) is 0 Å². The molecule has 104 valence electrons. The molecule has 0 aromatic carbocycles. The fourth-order valence-electron chi connectivity index (χ4n) is 2.20. The number of likely N-dealkylation sites (N-methyl/N-ethyl adjacent to an activating group) is 1. The Kier molecular flexibility index (Phi) is 11.3. The first-order valence-corrected chi connectivity index (χ1v) is 5.94. The zero-order chi connectivity index (χ0) is 11.1. The minimum atomic E-state index is -0.258. The van der Waals surface area contributed by atoms with Gasteiger partial charge in [0.15, 0.2) is 0 Å². The summed E-state index contributed by atoms with van der Waals surface area (Å²) in [6, 6.07) is 0. The predicted octanol–water partition coefficient (Wildman–Crippen LogP) is 1.07. The molecule has 0 aliphatic heterocycles. The van der Waals surface area contributed by atoms with Gasteiger partial charge in [-0.25, -0.2) is 0 Å². The normalized spacial score (nSPS) is 16.8. The first-order valence-electron chi connectivity index (χ1n) is 5.94. The molecule has 17 heavy (non-hydrogen) atoms. The number of carbonyl (C=O) groups excluding carboxylic acids is 1. The molecule has 0 aromatic heterocycles. The Labute approximate surface area is 116 Å². The molecule has 0 radical (unpaired) electrons. The van der Waals surface area contributed by atoms with E-state index in [1.807, 2.05) is 0 Å². The zero-order valence-corrected chi connectivity index (χ0v) is 12.1. The summed E-state index contributed by atoms with van der Waals surface area (Å²) in [4.78, 5) is 11.9. The zero-order valence-electron chi connectivity index (χ0n) is 10.5. The average molecular weight is 286 g/mol. The Hall–Kier alpha value is -0.0300. The summed E-state index contributed by atoms with van der Waals surface area (Å²) in [7, 11) is 0. The van der Waals surface area contributed by atoms with E-state index in [4.69, 9.17) is 5.73 Å². The highest BCUT2D eigenvalue weighted by atomic mass is 35.5. The first-order chi connectivity index (χ1) is 7.25. The average Bonchev–Trinajstić information content (AvgIpc) is 2.74. The van der Waals surface area contributed by atoms with E-state index in [1.165, 1.54) is 0 Å². The molecule has 0 aromatic rings. The van der Waals surface area contributed by atoms with Gasteiger partial charge in [-0.3, -0.25) is 4.79 Å². The lowest BCUT2D eigenvalue weighted by Crippen LogP contribution is -2.45. The molecule has 1 fully saturated rings. The van der Waals surface area contributed by atoms with Crippen LogP contribution in [0.1, 0.15) is 32.6 Å². The summed E-state index contributed by atoms with van der Waals surface area (Å²) in [5, 5.41) is 6.15. The first kappa shape index (κ1) is 19.3. The van der Waals surface area contributed by atoms with Gasteiger partial charge in [-0.05, 0) is 19.4 Å². The lowest BCUT2D eigenvalue weighted by atomic mass is 9.85. The standard InChI is InChI=1S/C11H23N3O.2ClH/c1-2-13-7-8-14-10(15)11(9-12)5-3-4-6-11;;/h13H,2-9,12H2,1H3,(H,14,15);2*1H. The van der Waals surface area contributed by atoms with Crippen molar-refractivity contribution in [2.75, 3.05) is 26.2 Å². The van der Waals surface area contributed by atoms with E-state index < -0.39 is 0 Å². The SMILES string of the molecule is CCNCCNC(=O)C1(CN)CCCC1.Cl.Cl. The molecule has 1 aliphatic carbocycles. The van der Waals surface area contributed by atoms with Crippen LogP contribution in [0.2, 0.25) is 0 Å². The Morgan fingerprint density at radius 1 is 1.24 bits per heavy atom. The van der Waals surface area contributed by atoms with E-state index in [-0.39, 0.29) is 36.1 Å². The predicted molar refractivity (Wildman–Crippen MR) is 76.0 cm³/mol.